The van der Waals surface area contributed by atoms with Crippen LogP contribution in [0.4, 0.5) is 4.79 Å². The highest BCUT2D eigenvalue weighted by molar-refractivity contribution is 5.75. The molecule has 1 saturated carbocycles. The summed E-state index contributed by atoms with van der Waals surface area (Å²) in [6.45, 7) is 2.33. The van der Waals surface area contributed by atoms with E-state index in [1.807, 2.05) is 18.2 Å². The minimum atomic E-state index is -0.223. The van der Waals surface area contributed by atoms with Gasteiger partial charge in [0.15, 0.2) is 0 Å². The summed E-state index contributed by atoms with van der Waals surface area (Å²) >= 11 is 0. The van der Waals surface area contributed by atoms with E-state index in [1.54, 1.807) is 0 Å². The normalized spacial score (nSPS) is 15.8. The Morgan fingerprint density at radius 1 is 1.10 bits per heavy atom. The van der Waals surface area contributed by atoms with Gasteiger partial charge in [-0.05, 0) is 24.8 Å². The van der Waals surface area contributed by atoms with E-state index in [9.17, 15) is 9.59 Å². The Morgan fingerprint density at radius 2 is 1.75 bits per heavy atom. The van der Waals surface area contributed by atoms with E-state index in [1.165, 1.54) is 6.92 Å². The van der Waals surface area contributed by atoms with Gasteiger partial charge in [0.05, 0.1) is 5.54 Å². The number of hydrogen-bond acceptors (Lipinski definition) is 2. The molecule has 3 N–H and O–H groups in total. The average molecular weight is 275 g/mol. The van der Waals surface area contributed by atoms with Crippen LogP contribution in [0.2, 0.25) is 0 Å². The SMILES string of the molecule is CC(=O)NCCNC(=O)NC1(c2ccccc2)CCC1. The molecule has 0 heterocycles. The maximum Gasteiger partial charge on any atom is 0.315 e. The predicted molar refractivity (Wildman–Crippen MR) is 77.2 cm³/mol. The molecule has 0 spiro atoms. The van der Waals surface area contributed by atoms with Crippen LogP contribution in [0, 0.1) is 0 Å². The maximum absolute atomic E-state index is 11.9. The molecule has 1 aromatic carbocycles. The van der Waals surface area contributed by atoms with Gasteiger partial charge in [0.1, 0.15) is 0 Å². The summed E-state index contributed by atoms with van der Waals surface area (Å²) < 4.78 is 0. The van der Waals surface area contributed by atoms with Gasteiger partial charge in [0, 0.05) is 20.0 Å². The first-order valence-corrected chi connectivity index (χ1v) is 6.98. The van der Waals surface area contributed by atoms with Gasteiger partial charge in [-0.3, -0.25) is 4.79 Å². The molecule has 0 aliphatic heterocycles. The van der Waals surface area contributed by atoms with Crippen molar-refractivity contribution in [3.63, 3.8) is 0 Å². The molecular weight excluding hydrogens is 254 g/mol. The summed E-state index contributed by atoms with van der Waals surface area (Å²) in [7, 11) is 0. The lowest BCUT2D eigenvalue weighted by molar-refractivity contribution is -0.118. The number of amides is 3. The third kappa shape index (κ3) is 3.50. The summed E-state index contributed by atoms with van der Waals surface area (Å²) in [6, 6.07) is 9.88. The Kier molecular flexibility index (Phi) is 4.61. The second-order valence-electron chi connectivity index (χ2n) is 5.17. The standard InChI is InChI=1S/C15H21N3O2/c1-12(19)16-10-11-17-14(20)18-15(8-5-9-15)13-6-3-2-4-7-13/h2-4,6-7H,5,8-11H2,1H3,(H,16,19)(H2,17,18,20). The fourth-order valence-electron chi connectivity index (χ4n) is 2.45. The Bertz CT molecular complexity index is 469. The molecule has 5 heteroatoms. The third-order valence-electron chi connectivity index (χ3n) is 3.67. The molecule has 1 aliphatic rings. The zero-order chi connectivity index (χ0) is 14.4. The minimum absolute atomic E-state index is 0.0908. The highest BCUT2D eigenvalue weighted by Gasteiger charge is 2.39. The Hall–Kier alpha value is -2.04. The molecule has 3 amide bonds. The second-order valence-corrected chi connectivity index (χ2v) is 5.17. The summed E-state index contributed by atoms with van der Waals surface area (Å²) in [5.74, 6) is -0.0908. The van der Waals surface area contributed by atoms with Crippen molar-refractivity contribution in [2.75, 3.05) is 13.1 Å². The van der Waals surface area contributed by atoms with Gasteiger partial charge in [-0.15, -0.1) is 0 Å². The number of carbonyl (C=O) groups excluding carboxylic acids is 2. The number of hydrogen-bond donors (Lipinski definition) is 3. The molecule has 1 fully saturated rings. The quantitative estimate of drug-likeness (QED) is 0.713. The third-order valence-corrected chi connectivity index (χ3v) is 3.67. The fourth-order valence-corrected chi connectivity index (χ4v) is 2.45. The van der Waals surface area contributed by atoms with Gasteiger partial charge in [-0.1, -0.05) is 30.3 Å². The molecular formula is C15H21N3O2. The number of urea groups is 1. The van der Waals surface area contributed by atoms with E-state index in [0.717, 1.165) is 24.8 Å². The van der Waals surface area contributed by atoms with Crippen LogP contribution in [-0.2, 0) is 10.3 Å². The predicted octanol–water partition coefficient (Wildman–Crippen LogP) is 1.50. The van der Waals surface area contributed by atoms with E-state index < -0.39 is 0 Å². The summed E-state index contributed by atoms with van der Waals surface area (Å²) in [5.41, 5.74) is 0.933. The van der Waals surface area contributed by atoms with Crippen molar-refractivity contribution in [3.05, 3.63) is 35.9 Å². The number of carbonyl (C=O) groups is 2. The Morgan fingerprint density at radius 3 is 2.30 bits per heavy atom. The topological polar surface area (TPSA) is 70.2 Å². The van der Waals surface area contributed by atoms with Gasteiger partial charge in [0.2, 0.25) is 5.91 Å². The first-order chi connectivity index (χ1) is 9.62. The minimum Gasteiger partial charge on any atom is -0.355 e. The first kappa shape index (κ1) is 14.4. The van der Waals surface area contributed by atoms with E-state index in [0.29, 0.717) is 13.1 Å². The molecule has 2 rings (SSSR count). The molecule has 0 saturated heterocycles. The van der Waals surface area contributed by atoms with Crippen LogP contribution < -0.4 is 16.0 Å². The average Bonchev–Trinajstić information content (AvgIpc) is 2.40. The number of rotatable bonds is 5. The van der Waals surface area contributed by atoms with Crippen LogP contribution in [0.15, 0.2) is 30.3 Å². The monoisotopic (exact) mass is 275 g/mol. The summed E-state index contributed by atoms with van der Waals surface area (Å²) in [4.78, 5) is 22.7. The van der Waals surface area contributed by atoms with Crippen molar-refractivity contribution >= 4 is 11.9 Å². The van der Waals surface area contributed by atoms with Crippen molar-refractivity contribution in [1.29, 1.82) is 0 Å². The molecule has 5 nitrogen and oxygen atoms in total. The van der Waals surface area contributed by atoms with Crippen molar-refractivity contribution in [3.8, 4) is 0 Å². The van der Waals surface area contributed by atoms with Crippen LogP contribution in [0.5, 0.6) is 0 Å². The fraction of sp³-hybridized carbons (Fsp3) is 0.467. The van der Waals surface area contributed by atoms with Crippen molar-refractivity contribution in [2.45, 2.75) is 31.7 Å². The van der Waals surface area contributed by atoms with Gasteiger partial charge in [-0.25, -0.2) is 4.79 Å². The van der Waals surface area contributed by atoms with E-state index in [4.69, 9.17) is 0 Å². The molecule has 1 aliphatic carbocycles. The second kappa shape index (κ2) is 6.41. The Labute approximate surface area is 119 Å². The zero-order valence-corrected chi connectivity index (χ0v) is 11.7. The van der Waals surface area contributed by atoms with Crippen LogP contribution in [0.1, 0.15) is 31.7 Å². The zero-order valence-electron chi connectivity index (χ0n) is 11.7. The lowest BCUT2D eigenvalue weighted by Gasteiger charge is -2.43. The van der Waals surface area contributed by atoms with Crippen LogP contribution >= 0.6 is 0 Å². The highest BCUT2D eigenvalue weighted by atomic mass is 16.2. The van der Waals surface area contributed by atoms with Crippen molar-refractivity contribution < 1.29 is 9.59 Å². The van der Waals surface area contributed by atoms with Gasteiger partial charge < -0.3 is 16.0 Å². The van der Waals surface area contributed by atoms with Crippen LogP contribution in [0.3, 0.4) is 0 Å². The van der Waals surface area contributed by atoms with Crippen LogP contribution in [-0.4, -0.2) is 25.0 Å². The molecule has 1 aromatic rings. The molecule has 108 valence electrons. The van der Waals surface area contributed by atoms with Crippen LogP contribution in [0.25, 0.3) is 0 Å². The molecule has 0 radical (unpaired) electrons. The van der Waals surface area contributed by atoms with E-state index >= 15 is 0 Å². The molecule has 0 bridgehead atoms. The van der Waals surface area contributed by atoms with Gasteiger partial charge in [-0.2, -0.15) is 0 Å². The first-order valence-electron chi connectivity index (χ1n) is 6.98. The molecule has 0 atom stereocenters. The highest BCUT2D eigenvalue weighted by Crippen LogP contribution is 2.40. The molecule has 20 heavy (non-hydrogen) atoms. The lowest BCUT2D eigenvalue weighted by atomic mass is 9.72. The van der Waals surface area contributed by atoms with Gasteiger partial charge in [0.25, 0.3) is 0 Å². The molecule has 0 unspecified atom stereocenters. The number of benzene rings is 1. The van der Waals surface area contributed by atoms with E-state index in [-0.39, 0.29) is 17.5 Å². The summed E-state index contributed by atoms with van der Waals surface area (Å²) in [5, 5.41) is 8.48. The summed E-state index contributed by atoms with van der Waals surface area (Å²) in [6.07, 6.45) is 3.06. The van der Waals surface area contributed by atoms with Crippen molar-refractivity contribution in [1.82, 2.24) is 16.0 Å². The van der Waals surface area contributed by atoms with Gasteiger partial charge >= 0.3 is 6.03 Å². The van der Waals surface area contributed by atoms with E-state index in [2.05, 4.69) is 28.1 Å². The number of nitrogens with one attached hydrogen (secondary N) is 3. The lowest BCUT2D eigenvalue weighted by Crippen LogP contribution is -2.54. The largest absolute Gasteiger partial charge is 0.355 e. The van der Waals surface area contributed by atoms with Crippen molar-refractivity contribution in [2.24, 2.45) is 0 Å². The smallest absolute Gasteiger partial charge is 0.315 e. The maximum atomic E-state index is 11.9. The molecule has 0 aromatic heterocycles. The Balaban J connectivity index is 1.84.